The van der Waals surface area contributed by atoms with Crippen molar-refractivity contribution in [1.29, 1.82) is 0 Å². The first-order valence-corrected chi connectivity index (χ1v) is 8.16. The van der Waals surface area contributed by atoms with E-state index in [4.69, 9.17) is 0 Å². The third-order valence-electron chi connectivity index (χ3n) is 3.87. The van der Waals surface area contributed by atoms with Gasteiger partial charge in [-0.3, -0.25) is 14.8 Å². The molecule has 0 bridgehead atoms. The molecule has 0 atom stereocenters. The second-order valence-electron chi connectivity index (χ2n) is 6.22. The first-order valence-electron chi connectivity index (χ1n) is 8.16. The Morgan fingerprint density at radius 3 is 2.42 bits per heavy atom. The molecule has 3 rings (SSSR count). The molecule has 1 N–H and O–H groups in total. The minimum atomic E-state index is -0.174. The van der Waals surface area contributed by atoms with Crippen molar-refractivity contribution < 1.29 is 4.79 Å². The molecule has 3 aromatic heterocycles. The van der Waals surface area contributed by atoms with Crippen LogP contribution in [0, 0.1) is 6.92 Å². The van der Waals surface area contributed by atoms with E-state index in [-0.39, 0.29) is 5.91 Å². The second kappa shape index (κ2) is 7.30. The third kappa shape index (κ3) is 3.85. The van der Waals surface area contributed by atoms with Crippen LogP contribution in [0.4, 0.5) is 5.95 Å². The van der Waals surface area contributed by atoms with E-state index in [2.05, 4.69) is 25.3 Å². The number of rotatable bonds is 5. The predicted octanol–water partition coefficient (Wildman–Crippen LogP) is 1.58. The molecule has 1 amide bonds. The molecule has 0 aliphatic carbocycles. The number of carbonyl (C=O) groups excluding carboxylic acids is 1. The Labute approximate surface area is 152 Å². The maximum absolute atomic E-state index is 12.5. The first-order chi connectivity index (χ1) is 12.4. The lowest BCUT2D eigenvalue weighted by atomic mass is 10.2. The van der Waals surface area contributed by atoms with Crippen molar-refractivity contribution in [2.24, 2.45) is 7.05 Å². The summed E-state index contributed by atoms with van der Waals surface area (Å²) in [6, 6.07) is 1.82. The van der Waals surface area contributed by atoms with Crippen molar-refractivity contribution >= 4 is 11.9 Å². The molecule has 3 heterocycles. The molecule has 0 aromatic carbocycles. The Morgan fingerprint density at radius 2 is 1.81 bits per heavy atom. The number of hydrogen-bond donors (Lipinski definition) is 1. The van der Waals surface area contributed by atoms with E-state index in [9.17, 15) is 4.79 Å². The van der Waals surface area contributed by atoms with Crippen molar-refractivity contribution in [3.8, 4) is 11.1 Å². The Morgan fingerprint density at radius 1 is 1.08 bits per heavy atom. The molecule has 0 spiro atoms. The summed E-state index contributed by atoms with van der Waals surface area (Å²) in [6.07, 6.45) is 8.73. The van der Waals surface area contributed by atoms with E-state index in [0.29, 0.717) is 23.9 Å². The van der Waals surface area contributed by atoms with Gasteiger partial charge in [-0.15, -0.1) is 0 Å². The van der Waals surface area contributed by atoms with E-state index in [0.717, 1.165) is 16.8 Å². The number of hydrogen-bond acceptors (Lipinski definition) is 6. The van der Waals surface area contributed by atoms with Gasteiger partial charge >= 0.3 is 0 Å². The zero-order valence-electron chi connectivity index (χ0n) is 15.3. The molecule has 3 aromatic rings. The van der Waals surface area contributed by atoms with Crippen LogP contribution in [0.2, 0.25) is 0 Å². The summed E-state index contributed by atoms with van der Waals surface area (Å²) >= 11 is 0. The van der Waals surface area contributed by atoms with Crippen LogP contribution in [-0.4, -0.2) is 44.5 Å². The van der Waals surface area contributed by atoms with E-state index in [1.54, 1.807) is 29.4 Å². The molecule has 0 saturated carbocycles. The van der Waals surface area contributed by atoms with Crippen molar-refractivity contribution in [2.75, 3.05) is 19.0 Å². The van der Waals surface area contributed by atoms with Gasteiger partial charge in [0.05, 0.1) is 24.1 Å². The minimum absolute atomic E-state index is 0.174. The standard InChI is InChI=1S/C18H21N7O/c1-12-6-20-15(9-19-12)10-21-17(26)16-5-13(11-25(16)4)14-7-22-18(23-8-14)24(2)3/h5-9,11H,10H2,1-4H3,(H,21,26). The van der Waals surface area contributed by atoms with Crippen LogP contribution in [0.1, 0.15) is 21.9 Å². The molecular formula is C18H21N7O. The van der Waals surface area contributed by atoms with Crippen molar-refractivity contribution in [1.82, 2.24) is 29.8 Å². The maximum Gasteiger partial charge on any atom is 0.268 e. The van der Waals surface area contributed by atoms with Crippen molar-refractivity contribution in [3.05, 3.63) is 54.1 Å². The lowest BCUT2D eigenvalue weighted by Crippen LogP contribution is -2.25. The average molecular weight is 351 g/mol. The van der Waals surface area contributed by atoms with Gasteiger partial charge in [-0.05, 0) is 13.0 Å². The number of amides is 1. The van der Waals surface area contributed by atoms with Gasteiger partial charge in [0.2, 0.25) is 5.95 Å². The van der Waals surface area contributed by atoms with Crippen LogP contribution in [-0.2, 0) is 13.6 Å². The molecule has 26 heavy (non-hydrogen) atoms. The number of nitrogens with one attached hydrogen (secondary N) is 1. The molecule has 0 aliphatic heterocycles. The van der Waals surface area contributed by atoms with Crippen molar-refractivity contribution in [2.45, 2.75) is 13.5 Å². The van der Waals surface area contributed by atoms with Gasteiger partial charge in [0.25, 0.3) is 5.91 Å². The fourth-order valence-electron chi connectivity index (χ4n) is 2.42. The first kappa shape index (κ1) is 17.5. The van der Waals surface area contributed by atoms with Crippen LogP contribution in [0.3, 0.4) is 0 Å². The Balaban J connectivity index is 1.72. The summed E-state index contributed by atoms with van der Waals surface area (Å²) in [5.41, 5.74) is 3.85. The summed E-state index contributed by atoms with van der Waals surface area (Å²) < 4.78 is 1.78. The summed E-state index contributed by atoms with van der Waals surface area (Å²) in [7, 11) is 5.61. The maximum atomic E-state index is 12.5. The van der Waals surface area contributed by atoms with Crippen molar-refractivity contribution in [3.63, 3.8) is 0 Å². The number of aromatic nitrogens is 5. The molecule has 0 saturated heterocycles. The van der Waals surface area contributed by atoms with Gasteiger partial charge in [0, 0.05) is 57.1 Å². The topological polar surface area (TPSA) is 88.8 Å². The normalized spacial score (nSPS) is 10.6. The molecule has 0 aliphatic rings. The van der Waals surface area contributed by atoms with Crippen LogP contribution in [0.25, 0.3) is 11.1 Å². The Kier molecular flexibility index (Phi) is 4.92. The molecule has 0 unspecified atom stereocenters. The SMILES string of the molecule is Cc1cnc(CNC(=O)c2cc(-c3cnc(N(C)C)nc3)cn2C)cn1. The quantitative estimate of drug-likeness (QED) is 0.751. The highest BCUT2D eigenvalue weighted by molar-refractivity contribution is 5.94. The van der Waals surface area contributed by atoms with Crippen LogP contribution in [0.15, 0.2) is 37.1 Å². The van der Waals surface area contributed by atoms with Gasteiger partial charge in [0.15, 0.2) is 0 Å². The van der Waals surface area contributed by atoms with Gasteiger partial charge in [0.1, 0.15) is 5.69 Å². The highest BCUT2D eigenvalue weighted by Gasteiger charge is 2.13. The highest BCUT2D eigenvalue weighted by Crippen LogP contribution is 2.21. The Bertz CT molecular complexity index is 898. The monoisotopic (exact) mass is 351 g/mol. The molecular weight excluding hydrogens is 330 g/mol. The smallest absolute Gasteiger partial charge is 0.268 e. The van der Waals surface area contributed by atoms with Crippen LogP contribution in [0.5, 0.6) is 0 Å². The zero-order valence-corrected chi connectivity index (χ0v) is 15.3. The lowest BCUT2D eigenvalue weighted by molar-refractivity contribution is 0.0942. The fraction of sp³-hybridized carbons (Fsp3) is 0.278. The van der Waals surface area contributed by atoms with E-state index in [1.165, 1.54) is 0 Å². The number of nitrogens with zero attached hydrogens (tertiary/aromatic N) is 6. The molecule has 8 heteroatoms. The minimum Gasteiger partial charge on any atom is -0.347 e. The summed E-state index contributed by atoms with van der Waals surface area (Å²) in [5.74, 6) is 0.466. The predicted molar refractivity (Wildman–Crippen MR) is 98.7 cm³/mol. The van der Waals surface area contributed by atoms with E-state index < -0.39 is 0 Å². The molecule has 8 nitrogen and oxygen atoms in total. The molecule has 0 radical (unpaired) electrons. The number of anilines is 1. The molecule has 134 valence electrons. The Hall–Kier alpha value is -3.29. The third-order valence-corrected chi connectivity index (χ3v) is 3.87. The van der Waals surface area contributed by atoms with Crippen LogP contribution < -0.4 is 10.2 Å². The van der Waals surface area contributed by atoms with Gasteiger partial charge in [-0.2, -0.15) is 0 Å². The zero-order chi connectivity index (χ0) is 18.7. The van der Waals surface area contributed by atoms with E-state index in [1.807, 2.05) is 45.2 Å². The highest BCUT2D eigenvalue weighted by atomic mass is 16.1. The number of aryl methyl sites for hydroxylation is 2. The summed E-state index contributed by atoms with van der Waals surface area (Å²) in [4.78, 5) is 31.3. The van der Waals surface area contributed by atoms with Gasteiger partial charge < -0.3 is 14.8 Å². The lowest BCUT2D eigenvalue weighted by Gasteiger charge is -2.09. The second-order valence-corrected chi connectivity index (χ2v) is 6.22. The van der Waals surface area contributed by atoms with Crippen LogP contribution >= 0.6 is 0 Å². The summed E-state index contributed by atoms with van der Waals surface area (Å²) in [6.45, 7) is 2.20. The number of carbonyl (C=O) groups is 1. The largest absolute Gasteiger partial charge is 0.347 e. The van der Waals surface area contributed by atoms with Gasteiger partial charge in [-0.1, -0.05) is 0 Å². The summed E-state index contributed by atoms with van der Waals surface area (Å²) in [5, 5.41) is 2.86. The molecule has 0 fully saturated rings. The van der Waals surface area contributed by atoms with E-state index >= 15 is 0 Å². The van der Waals surface area contributed by atoms with Gasteiger partial charge in [-0.25, -0.2) is 9.97 Å². The average Bonchev–Trinajstić information content (AvgIpc) is 3.03. The fourth-order valence-corrected chi connectivity index (χ4v) is 2.42.